The number of thiophene rings is 1. The zero-order chi connectivity index (χ0) is 18.2. The Morgan fingerprint density at radius 3 is 2.85 bits per heavy atom. The van der Waals surface area contributed by atoms with E-state index in [1.165, 1.54) is 6.08 Å². The van der Waals surface area contributed by atoms with Crippen LogP contribution >= 0.6 is 11.3 Å². The van der Waals surface area contributed by atoms with Crippen molar-refractivity contribution in [1.82, 2.24) is 5.32 Å². The Bertz CT molecular complexity index is 785. The predicted molar refractivity (Wildman–Crippen MR) is 98.5 cm³/mol. The van der Waals surface area contributed by atoms with E-state index in [0.717, 1.165) is 22.6 Å². The number of esters is 1. The molecule has 6 nitrogen and oxygen atoms in total. The maximum absolute atomic E-state index is 11.7. The Labute approximate surface area is 155 Å². The quantitative estimate of drug-likeness (QED) is 0.596. The van der Waals surface area contributed by atoms with E-state index in [2.05, 4.69) is 5.32 Å². The molecule has 0 saturated carbocycles. The molecule has 2 aromatic rings. The summed E-state index contributed by atoms with van der Waals surface area (Å²) in [6.07, 6.45) is 3.61. The van der Waals surface area contributed by atoms with E-state index in [4.69, 9.17) is 14.2 Å². The summed E-state index contributed by atoms with van der Waals surface area (Å²) in [6, 6.07) is 7.61. The molecule has 0 aliphatic carbocycles. The first kappa shape index (κ1) is 18.0. The summed E-state index contributed by atoms with van der Waals surface area (Å²) in [4.78, 5) is 23.3. The van der Waals surface area contributed by atoms with Gasteiger partial charge in [0, 0.05) is 12.6 Å². The van der Waals surface area contributed by atoms with Crippen molar-refractivity contribution in [2.24, 2.45) is 0 Å². The van der Waals surface area contributed by atoms with Gasteiger partial charge in [-0.05, 0) is 52.6 Å². The smallest absolute Gasteiger partial charge is 0.331 e. The molecule has 0 saturated heterocycles. The lowest BCUT2D eigenvalue weighted by atomic mass is 10.1. The summed E-state index contributed by atoms with van der Waals surface area (Å²) in [5, 5.41) is 6.55. The van der Waals surface area contributed by atoms with E-state index >= 15 is 0 Å². The molecule has 136 valence electrons. The zero-order valence-electron chi connectivity index (χ0n) is 14.1. The second-order valence-electron chi connectivity index (χ2n) is 5.58. The second-order valence-corrected chi connectivity index (χ2v) is 6.36. The molecule has 26 heavy (non-hydrogen) atoms. The van der Waals surface area contributed by atoms with Crippen LogP contribution in [0.3, 0.4) is 0 Å². The first-order valence-electron chi connectivity index (χ1n) is 8.23. The predicted octanol–water partition coefficient (Wildman–Crippen LogP) is 2.43. The molecule has 2 heterocycles. The maximum atomic E-state index is 11.7. The van der Waals surface area contributed by atoms with Crippen LogP contribution in [0.5, 0.6) is 11.5 Å². The Morgan fingerprint density at radius 2 is 2.04 bits per heavy atom. The molecule has 1 amide bonds. The van der Waals surface area contributed by atoms with Gasteiger partial charge in [-0.2, -0.15) is 11.3 Å². The lowest BCUT2D eigenvalue weighted by Crippen LogP contribution is -2.30. The van der Waals surface area contributed by atoms with Crippen molar-refractivity contribution in [3.63, 3.8) is 0 Å². The maximum Gasteiger partial charge on any atom is 0.331 e. The number of hydrogen-bond donors (Lipinski definition) is 1. The molecule has 1 N–H and O–H groups in total. The molecule has 1 aliphatic heterocycles. The van der Waals surface area contributed by atoms with E-state index in [9.17, 15) is 9.59 Å². The van der Waals surface area contributed by atoms with Crippen molar-refractivity contribution in [3.8, 4) is 11.5 Å². The van der Waals surface area contributed by atoms with Gasteiger partial charge in [-0.15, -0.1) is 0 Å². The third-order valence-corrected chi connectivity index (χ3v) is 4.34. The highest BCUT2D eigenvalue weighted by Crippen LogP contribution is 2.30. The van der Waals surface area contributed by atoms with Gasteiger partial charge in [-0.3, -0.25) is 4.79 Å². The lowest BCUT2D eigenvalue weighted by Gasteiger charge is -2.18. The van der Waals surface area contributed by atoms with Crippen LogP contribution < -0.4 is 14.8 Å². The highest BCUT2D eigenvalue weighted by atomic mass is 32.1. The molecule has 0 radical (unpaired) electrons. The number of fused-ring (bicyclic) bond motifs is 1. The molecule has 0 fully saturated rings. The van der Waals surface area contributed by atoms with Gasteiger partial charge in [0.25, 0.3) is 5.91 Å². The number of nitrogens with one attached hydrogen (secondary N) is 1. The molecule has 1 aromatic heterocycles. The number of hydrogen-bond acceptors (Lipinski definition) is 6. The van der Waals surface area contributed by atoms with Crippen LogP contribution in [0.25, 0.3) is 6.08 Å². The molecule has 0 unspecified atom stereocenters. The van der Waals surface area contributed by atoms with Crippen molar-refractivity contribution < 1.29 is 23.8 Å². The number of ether oxygens (including phenoxy) is 3. The van der Waals surface area contributed by atoms with Crippen molar-refractivity contribution >= 4 is 29.3 Å². The van der Waals surface area contributed by atoms with E-state index < -0.39 is 5.97 Å². The third-order valence-electron chi connectivity index (χ3n) is 3.64. The zero-order valence-corrected chi connectivity index (χ0v) is 14.9. The fraction of sp³-hybridized carbons (Fsp3) is 0.263. The summed E-state index contributed by atoms with van der Waals surface area (Å²) in [7, 11) is 0. The Balaban J connectivity index is 1.36. The van der Waals surface area contributed by atoms with E-state index in [0.29, 0.717) is 26.2 Å². The Kier molecular flexibility index (Phi) is 6.27. The SMILES string of the molecule is O=C(COC(=O)/C=C/c1ccsc1)NCCc1ccc2c(c1)OCCO2. The second kappa shape index (κ2) is 9.05. The molecule has 0 spiro atoms. The number of carbonyl (C=O) groups excluding carboxylic acids is 2. The van der Waals surface area contributed by atoms with Crippen molar-refractivity contribution in [1.29, 1.82) is 0 Å². The van der Waals surface area contributed by atoms with E-state index in [1.54, 1.807) is 17.4 Å². The van der Waals surface area contributed by atoms with Gasteiger partial charge in [0.05, 0.1) is 0 Å². The number of carbonyl (C=O) groups is 2. The monoisotopic (exact) mass is 373 g/mol. The molecule has 1 aliphatic rings. The number of amides is 1. The Hall–Kier alpha value is -2.80. The molecule has 0 bridgehead atoms. The fourth-order valence-corrected chi connectivity index (χ4v) is 2.99. The van der Waals surface area contributed by atoms with E-state index in [-0.39, 0.29) is 12.5 Å². The van der Waals surface area contributed by atoms with Crippen LogP contribution in [-0.2, 0) is 20.7 Å². The van der Waals surface area contributed by atoms with Crippen LogP contribution in [0, 0.1) is 0 Å². The minimum Gasteiger partial charge on any atom is -0.486 e. The van der Waals surface area contributed by atoms with Crippen LogP contribution in [0.15, 0.2) is 41.1 Å². The molecule has 7 heteroatoms. The standard InChI is InChI=1S/C19H19NO5S/c21-18(12-25-19(22)4-2-15-6-10-26-13-15)20-7-5-14-1-3-16-17(11-14)24-9-8-23-16/h1-4,6,10-11,13H,5,7-9,12H2,(H,20,21)/b4-2+. The summed E-state index contributed by atoms with van der Waals surface area (Å²) >= 11 is 1.54. The van der Waals surface area contributed by atoms with Gasteiger partial charge >= 0.3 is 5.97 Å². The summed E-state index contributed by atoms with van der Waals surface area (Å²) < 4.78 is 15.9. The first-order chi connectivity index (χ1) is 12.7. The number of rotatable bonds is 7. The van der Waals surface area contributed by atoms with Gasteiger partial charge in [-0.25, -0.2) is 4.79 Å². The normalized spacial score (nSPS) is 12.8. The van der Waals surface area contributed by atoms with Gasteiger partial charge in [0.1, 0.15) is 13.2 Å². The fourth-order valence-electron chi connectivity index (χ4n) is 2.36. The van der Waals surface area contributed by atoms with Crippen LogP contribution in [0.2, 0.25) is 0 Å². The minimum absolute atomic E-state index is 0.298. The summed E-state index contributed by atoms with van der Waals surface area (Å²) in [5.74, 6) is 0.593. The molecule has 1 aromatic carbocycles. The van der Waals surface area contributed by atoms with Gasteiger partial charge in [0.2, 0.25) is 0 Å². The largest absolute Gasteiger partial charge is 0.486 e. The Morgan fingerprint density at radius 1 is 1.19 bits per heavy atom. The van der Waals surface area contributed by atoms with Crippen molar-refractivity contribution in [2.45, 2.75) is 6.42 Å². The first-order valence-corrected chi connectivity index (χ1v) is 9.17. The molecular weight excluding hydrogens is 354 g/mol. The highest BCUT2D eigenvalue weighted by molar-refractivity contribution is 7.08. The average Bonchev–Trinajstić information content (AvgIpc) is 3.18. The molecule has 0 atom stereocenters. The van der Waals surface area contributed by atoms with Crippen molar-refractivity contribution in [3.05, 3.63) is 52.2 Å². The average molecular weight is 373 g/mol. The summed E-state index contributed by atoms with van der Waals surface area (Å²) in [6.45, 7) is 1.25. The van der Waals surface area contributed by atoms with Crippen LogP contribution in [0.1, 0.15) is 11.1 Å². The van der Waals surface area contributed by atoms with E-state index in [1.807, 2.05) is 35.0 Å². The molecule has 3 rings (SSSR count). The topological polar surface area (TPSA) is 73.9 Å². The van der Waals surface area contributed by atoms with Gasteiger partial charge in [-0.1, -0.05) is 6.07 Å². The minimum atomic E-state index is -0.543. The van der Waals surface area contributed by atoms with Crippen LogP contribution in [-0.4, -0.2) is 38.2 Å². The lowest BCUT2D eigenvalue weighted by molar-refractivity contribution is -0.143. The highest BCUT2D eigenvalue weighted by Gasteiger charge is 2.11. The molecular formula is C19H19NO5S. The third kappa shape index (κ3) is 5.35. The summed E-state index contributed by atoms with van der Waals surface area (Å²) in [5.41, 5.74) is 1.96. The van der Waals surface area contributed by atoms with Gasteiger partial charge in [0.15, 0.2) is 18.1 Å². The van der Waals surface area contributed by atoms with Gasteiger partial charge < -0.3 is 19.5 Å². The van der Waals surface area contributed by atoms with Crippen molar-refractivity contribution in [2.75, 3.05) is 26.4 Å². The number of benzene rings is 1. The van der Waals surface area contributed by atoms with Crippen LogP contribution in [0.4, 0.5) is 0 Å².